The van der Waals surface area contributed by atoms with E-state index in [0.717, 1.165) is 58.5 Å². The first-order chi connectivity index (χ1) is 13.6. The van der Waals surface area contributed by atoms with Crippen LogP contribution in [0.4, 0.5) is 0 Å². The molecular weight excluding hydrogens is 388 g/mol. The number of nitrogens with zero attached hydrogens (tertiary/aromatic N) is 3. The second-order valence-electron chi connectivity index (χ2n) is 7.92. The fourth-order valence-electron chi connectivity index (χ4n) is 4.53. The molecule has 4 rings (SSSR count). The first-order valence-electron chi connectivity index (χ1n) is 10.7. The van der Waals surface area contributed by atoms with Gasteiger partial charge in [0, 0.05) is 61.4 Å². The molecule has 0 unspecified atom stereocenters. The van der Waals surface area contributed by atoms with Crippen molar-refractivity contribution in [2.75, 3.05) is 51.3 Å². The fraction of sp³-hybridized carbons (Fsp3) is 0.714. The highest BCUT2D eigenvalue weighted by atomic mass is 32.2. The quantitative estimate of drug-likeness (QED) is 0.678. The van der Waals surface area contributed by atoms with E-state index in [1.165, 1.54) is 27.6 Å². The van der Waals surface area contributed by atoms with Gasteiger partial charge in [0.25, 0.3) is 0 Å². The van der Waals surface area contributed by atoms with Gasteiger partial charge in [0.05, 0.1) is 17.9 Å². The molecule has 28 heavy (non-hydrogen) atoms. The maximum absolute atomic E-state index is 6.43. The number of nitrogens with one attached hydrogen (secondary N) is 1. The van der Waals surface area contributed by atoms with Gasteiger partial charge in [0.15, 0.2) is 0 Å². The van der Waals surface area contributed by atoms with E-state index in [0.29, 0.717) is 0 Å². The Bertz CT molecular complexity index is 697. The van der Waals surface area contributed by atoms with Gasteiger partial charge in [-0.3, -0.25) is 9.91 Å². The molecule has 0 amide bonds. The molecule has 0 atom stereocenters. The van der Waals surface area contributed by atoms with Crippen molar-refractivity contribution < 1.29 is 4.74 Å². The molecule has 156 valence electrons. The molecule has 0 aliphatic carbocycles. The molecule has 3 aliphatic heterocycles. The minimum absolute atomic E-state index is 0.0221. The van der Waals surface area contributed by atoms with E-state index >= 15 is 0 Å². The van der Waals surface area contributed by atoms with Crippen LogP contribution in [0.15, 0.2) is 18.0 Å². The summed E-state index contributed by atoms with van der Waals surface area (Å²) in [6.07, 6.45) is 6.74. The summed E-state index contributed by atoms with van der Waals surface area (Å²) in [6.45, 7) is 9.63. The zero-order chi connectivity index (χ0) is 19.6. The minimum atomic E-state index is -0.0221. The summed E-state index contributed by atoms with van der Waals surface area (Å²) >= 11 is 4.01. The molecule has 0 aromatic carbocycles. The van der Waals surface area contributed by atoms with Crippen LogP contribution in [0.1, 0.15) is 42.0 Å². The highest BCUT2D eigenvalue weighted by Crippen LogP contribution is 2.44. The van der Waals surface area contributed by atoms with Gasteiger partial charge in [-0.25, -0.2) is 0 Å². The lowest BCUT2D eigenvalue weighted by molar-refractivity contribution is -0.0963. The average Bonchev–Trinajstić information content (AvgIpc) is 3.28. The van der Waals surface area contributed by atoms with Crippen LogP contribution in [0.3, 0.4) is 0 Å². The third-order valence-electron chi connectivity index (χ3n) is 6.13. The summed E-state index contributed by atoms with van der Waals surface area (Å²) in [5.41, 5.74) is 6.31. The number of rotatable bonds is 7. The molecular formula is C21H34N4OS2. The topological polar surface area (TPSA) is 31.0 Å². The minimum Gasteiger partial charge on any atom is -0.370 e. The number of hydrogen-bond acceptors (Lipinski definition) is 7. The number of likely N-dealkylation sites (tertiary alicyclic amines) is 1. The third-order valence-corrected chi connectivity index (χ3v) is 8.35. The Balaban J connectivity index is 1.34. The molecule has 0 saturated carbocycles. The van der Waals surface area contributed by atoms with Gasteiger partial charge in [-0.2, -0.15) is 11.8 Å². The maximum atomic E-state index is 6.43. The molecule has 0 radical (unpaired) electrons. The Labute approximate surface area is 178 Å². The first-order valence-corrected chi connectivity index (χ1v) is 12.6. The van der Waals surface area contributed by atoms with E-state index in [-0.39, 0.29) is 5.60 Å². The highest BCUT2D eigenvalue weighted by Gasteiger charge is 2.42. The molecule has 1 spiro atoms. The van der Waals surface area contributed by atoms with Crippen molar-refractivity contribution >= 4 is 23.1 Å². The molecule has 1 fully saturated rings. The standard InChI is InChI=1S/C21H34N4OS2/c1-4-18-14-19-20(28-18)6-12-26-21(19)7-9-24(10-8-21)15-17-16-25(23(3)22-17)11-13-27-5-2/h14,16,22H,4-13,15H2,1-3H3. The number of piperidine rings is 1. The second kappa shape index (κ2) is 8.96. The van der Waals surface area contributed by atoms with Crippen LogP contribution < -0.4 is 5.43 Å². The number of ether oxygens (including phenoxy) is 1. The predicted molar refractivity (Wildman–Crippen MR) is 119 cm³/mol. The SMILES string of the molecule is CCSCCN1C=C(CN2CCC3(CC2)OCCc2sc(CC)cc23)NN1C. The number of fused-ring (bicyclic) bond motifs is 2. The Morgan fingerprint density at radius 3 is 2.86 bits per heavy atom. The van der Waals surface area contributed by atoms with Crippen molar-refractivity contribution in [3.8, 4) is 0 Å². The first kappa shape index (κ1) is 20.5. The number of aryl methyl sites for hydroxylation is 1. The normalized spacial score (nSPS) is 22.4. The van der Waals surface area contributed by atoms with E-state index < -0.39 is 0 Å². The van der Waals surface area contributed by atoms with E-state index in [1.807, 2.05) is 23.1 Å². The van der Waals surface area contributed by atoms with Crippen molar-refractivity contribution in [2.45, 2.75) is 45.1 Å². The molecule has 1 aromatic heterocycles. The molecule has 1 aromatic rings. The summed E-state index contributed by atoms with van der Waals surface area (Å²) in [5.74, 6) is 2.35. The molecule has 4 heterocycles. The molecule has 5 nitrogen and oxygen atoms in total. The summed E-state index contributed by atoms with van der Waals surface area (Å²) in [7, 11) is 2.10. The van der Waals surface area contributed by atoms with E-state index in [2.05, 4.69) is 53.6 Å². The van der Waals surface area contributed by atoms with E-state index in [9.17, 15) is 0 Å². The van der Waals surface area contributed by atoms with E-state index in [4.69, 9.17) is 4.74 Å². The molecule has 3 aliphatic rings. The Morgan fingerprint density at radius 1 is 1.29 bits per heavy atom. The number of thiophene rings is 1. The summed E-state index contributed by atoms with van der Waals surface area (Å²) in [5, 5.41) is 4.41. The number of hydrogen-bond donors (Lipinski definition) is 1. The van der Waals surface area contributed by atoms with Crippen LogP contribution in [0.25, 0.3) is 0 Å². The second-order valence-corrected chi connectivity index (χ2v) is 10.5. The van der Waals surface area contributed by atoms with Crippen LogP contribution in [-0.2, 0) is 23.2 Å². The van der Waals surface area contributed by atoms with Crippen molar-refractivity contribution in [2.24, 2.45) is 0 Å². The van der Waals surface area contributed by atoms with Gasteiger partial charge in [-0.05, 0) is 36.6 Å². The van der Waals surface area contributed by atoms with Gasteiger partial charge in [0.2, 0.25) is 0 Å². The molecule has 1 saturated heterocycles. The van der Waals surface area contributed by atoms with Gasteiger partial charge >= 0.3 is 0 Å². The Kier molecular flexibility index (Phi) is 6.57. The van der Waals surface area contributed by atoms with Gasteiger partial charge in [-0.1, -0.05) is 13.8 Å². The number of hydrazine groups is 2. The zero-order valence-corrected chi connectivity index (χ0v) is 19.1. The predicted octanol–water partition coefficient (Wildman–Crippen LogP) is 3.44. The Hall–Kier alpha value is -0.730. The zero-order valence-electron chi connectivity index (χ0n) is 17.5. The average molecular weight is 423 g/mol. The van der Waals surface area contributed by atoms with Crippen molar-refractivity contribution in [1.82, 2.24) is 20.5 Å². The van der Waals surface area contributed by atoms with Gasteiger partial charge in [-0.15, -0.1) is 16.5 Å². The van der Waals surface area contributed by atoms with Crippen LogP contribution >= 0.6 is 23.1 Å². The number of thioether (sulfide) groups is 1. The van der Waals surface area contributed by atoms with Crippen molar-refractivity contribution in [3.63, 3.8) is 0 Å². The lowest BCUT2D eigenvalue weighted by atomic mass is 9.82. The van der Waals surface area contributed by atoms with Crippen LogP contribution in [-0.4, -0.2) is 66.4 Å². The fourth-order valence-corrected chi connectivity index (χ4v) is 6.32. The summed E-state index contributed by atoms with van der Waals surface area (Å²) in [4.78, 5) is 5.67. The highest BCUT2D eigenvalue weighted by molar-refractivity contribution is 7.99. The van der Waals surface area contributed by atoms with Gasteiger partial charge in [0.1, 0.15) is 0 Å². The molecule has 0 bridgehead atoms. The van der Waals surface area contributed by atoms with Crippen LogP contribution in [0.5, 0.6) is 0 Å². The van der Waals surface area contributed by atoms with E-state index in [1.54, 1.807) is 4.88 Å². The smallest absolute Gasteiger partial charge is 0.0966 e. The molecule has 1 N–H and O–H groups in total. The monoisotopic (exact) mass is 422 g/mol. The Morgan fingerprint density at radius 2 is 2.11 bits per heavy atom. The summed E-state index contributed by atoms with van der Waals surface area (Å²) < 4.78 is 6.43. The molecule has 7 heteroatoms. The maximum Gasteiger partial charge on any atom is 0.0966 e. The van der Waals surface area contributed by atoms with Crippen LogP contribution in [0.2, 0.25) is 0 Å². The summed E-state index contributed by atoms with van der Waals surface area (Å²) in [6, 6.07) is 2.44. The van der Waals surface area contributed by atoms with Crippen molar-refractivity contribution in [3.05, 3.63) is 33.3 Å². The van der Waals surface area contributed by atoms with Crippen molar-refractivity contribution in [1.29, 1.82) is 0 Å². The lowest BCUT2D eigenvalue weighted by Gasteiger charge is -2.44. The lowest BCUT2D eigenvalue weighted by Crippen LogP contribution is -2.47. The van der Waals surface area contributed by atoms with Crippen LogP contribution in [0, 0.1) is 0 Å². The van der Waals surface area contributed by atoms with Gasteiger partial charge < -0.3 is 10.2 Å². The largest absolute Gasteiger partial charge is 0.370 e. The third kappa shape index (κ3) is 4.24.